The number of carbonyl (C=O) groups is 1. The fourth-order valence-corrected chi connectivity index (χ4v) is 2.53. The predicted molar refractivity (Wildman–Crippen MR) is 95.5 cm³/mol. The van der Waals surface area contributed by atoms with Crippen molar-refractivity contribution in [1.29, 1.82) is 0 Å². The molecule has 0 bridgehead atoms. The minimum atomic E-state index is 0.0652. The number of benzene rings is 1. The Balaban J connectivity index is 1.97. The molecule has 0 saturated carbocycles. The van der Waals surface area contributed by atoms with E-state index in [4.69, 9.17) is 0 Å². The van der Waals surface area contributed by atoms with Crippen LogP contribution in [0.2, 0.25) is 0 Å². The Morgan fingerprint density at radius 2 is 1.83 bits per heavy atom. The lowest BCUT2D eigenvalue weighted by molar-refractivity contribution is -0.120. The molecule has 0 aliphatic heterocycles. The Kier molecular flexibility index (Phi) is 6.15. The molecule has 4 heteroatoms. The minimum absolute atomic E-state index is 0.0652. The van der Waals surface area contributed by atoms with Crippen LogP contribution in [0.25, 0.3) is 0 Å². The van der Waals surface area contributed by atoms with E-state index in [1.165, 1.54) is 5.56 Å². The monoisotopic (exact) mass is 311 g/mol. The number of nitrogens with one attached hydrogen (secondary N) is 1. The molecule has 4 nitrogen and oxygen atoms in total. The molecule has 1 N–H and O–H groups in total. The van der Waals surface area contributed by atoms with Gasteiger partial charge in [-0.3, -0.25) is 4.79 Å². The fraction of sp³-hybridized carbons (Fsp3) is 0.368. The second-order valence-electron chi connectivity index (χ2n) is 5.75. The SMILES string of the molecule is CCC(CC)C(=O)Nc1ccc(N(C)Cc2ccccc2)nc1. The summed E-state index contributed by atoms with van der Waals surface area (Å²) >= 11 is 0. The molecule has 1 aromatic carbocycles. The number of anilines is 2. The number of aromatic nitrogens is 1. The quantitative estimate of drug-likeness (QED) is 0.837. The smallest absolute Gasteiger partial charge is 0.227 e. The summed E-state index contributed by atoms with van der Waals surface area (Å²) in [6.07, 6.45) is 3.43. The van der Waals surface area contributed by atoms with Gasteiger partial charge in [0.15, 0.2) is 0 Å². The summed E-state index contributed by atoms with van der Waals surface area (Å²) in [5, 5.41) is 2.94. The van der Waals surface area contributed by atoms with Gasteiger partial charge in [-0.2, -0.15) is 0 Å². The standard InChI is InChI=1S/C19H25N3O/c1-4-16(5-2)19(23)21-17-11-12-18(20-13-17)22(3)14-15-9-7-6-8-10-15/h6-13,16H,4-5,14H2,1-3H3,(H,21,23). The zero-order valence-electron chi connectivity index (χ0n) is 14.1. The predicted octanol–water partition coefficient (Wildman–Crippen LogP) is 4.09. The molecule has 0 aliphatic carbocycles. The second kappa shape index (κ2) is 8.32. The van der Waals surface area contributed by atoms with Crippen LogP contribution < -0.4 is 10.2 Å². The fourth-order valence-electron chi connectivity index (χ4n) is 2.53. The van der Waals surface area contributed by atoms with E-state index in [9.17, 15) is 4.79 Å². The van der Waals surface area contributed by atoms with E-state index in [1.54, 1.807) is 6.20 Å². The summed E-state index contributed by atoms with van der Waals surface area (Å²) < 4.78 is 0. The second-order valence-corrected chi connectivity index (χ2v) is 5.75. The summed E-state index contributed by atoms with van der Waals surface area (Å²) in [6.45, 7) is 4.87. The van der Waals surface area contributed by atoms with E-state index >= 15 is 0 Å². The third-order valence-corrected chi connectivity index (χ3v) is 4.03. The van der Waals surface area contributed by atoms with E-state index in [0.29, 0.717) is 0 Å². The first-order chi connectivity index (χ1) is 11.1. The van der Waals surface area contributed by atoms with Crippen LogP contribution in [-0.4, -0.2) is 17.9 Å². The summed E-state index contributed by atoms with van der Waals surface area (Å²) in [5.74, 6) is 1.02. The van der Waals surface area contributed by atoms with E-state index in [1.807, 2.05) is 51.2 Å². The van der Waals surface area contributed by atoms with Gasteiger partial charge in [-0.1, -0.05) is 44.2 Å². The molecule has 0 spiro atoms. The zero-order chi connectivity index (χ0) is 16.7. The van der Waals surface area contributed by atoms with Crippen molar-refractivity contribution in [2.24, 2.45) is 5.92 Å². The van der Waals surface area contributed by atoms with Gasteiger partial charge in [-0.05, 0) is 30.5 Å². The number of hydrogen-bond donors (Lipinski definition) is 1. The van der Waals surface area contributed by atoms with Crippen molar-refractivity contribution in [2.45, 2.75) is 33.2 Å². The highest BCUT2D eigenvalue weighted by Gasteiger charge is 2.14. The first-order valence-corrected chi connectivity index (χ1v) is 8.16. The summed E-state index contributed by atoms with van der Waals surface area (Å²) in [4.78, 5) is 18.6. The average molecular weight is 311 g/mol. The topological polar surface area (TPSA) is 45.2 Å². The molecule has 1 heterocycles. The number of rotatable bonds is 7. The van der Waals surface area contributed by atoms with E-state index in [0.717, 1.165) is 30.9 Å². The number of hydrogen-bond acceptors (Lipinski definition) is 3. The van der Waals surface area contributed by atoms with Crippen molar-refractivity contribution in [3.8, 4) is 0 Å². The molecule has 0 fully saturated rings. The molecule has 2 aromatic rings. The van der Waals surface area contributed by atoms with Gasteiger partial charge in [0, 0.05) is 19.5 Å². The highest BCUT2D eigenvalue weighted by molar-refractivity contribution is 5.92. The highest BCUT2D eigenvalue weighted by Crippen LogP contribution is 2.17. The molecule has 23 heavy (non-hydrogen) atoms. The molecular weight excluding hydrogens is 286 g/mol. The Labute approximate surface area is 138 Å². The van der Waals surface area contributed by atoms with Gasteiger partial charge in [0.1, 0.15) is 5.82 Å². The summed E-state index contributed by atoms with van der Waals surface area (Å²) in [7, 11) is 2.01. The van der Waals surface area contributed by atoms with Crippen LogP contribution in [0.3, 0.4) is 0 Å². The number of carbonyl (C=O) groups excluding carboxylic acids is 1. The molecule has 0 atom stereocenters. The van der Waals surface area contributed by atoms with Gasteiger partial charge in [0.25, 0.3) is 0 Å². The number of amides is 1. The van der Waals surface area contributed by atoms with E-state index in [-0.39, 0.29) is 11.8 Å². The van der Waals surface area contributed by atoms with Crippen LogP contribution in [0.15, 0.2) is 48.7 Å². The molecule has 1 amide bonds. The van der Waals surface area contributed by atoms with Crippen LogP contribution in [0.4, 0.5) is 11.5 Å². The molecular formula is C19H25N3O. The van der Waals surface area contributed by atoms with Gasteiger partial charge in [0.2, 0.25) is 5.91 Å². The van der Waals surface area contributed by atoms with Crippen molar-refractivity contribution >= 4 is 17.4 Å². The molecule has 0 saturated heterocycles. The van der Waals surface area contributed by atoms with Crippen LogP contribution in [0.5, 0.6) is 0 Å². The minimum Gasteiger partial charge on any atom is -0.355 e. The summed E-state index contributed by atoms with van der Waals surface area (Å²) in [5.41, 5.74) is 1.99. The van der Waals surface area contributed by atoms with Crippen LogP contribution in [0, 0.1) is 5.92 Å². The normalized spacial score (nSPS) is 10.6. The lowest BCUT2D eigenvalue weighted by atomic mass is 10.0. The van der Waals surface area contributed by atoms with Crippen molar-refractivity contribution in [2.75, 3.05) is 17.3 Å². The Morgan fingerprint density at radius 1 is 1.13 bits per heavy atom. The zero-order valence-corrected chi connectivity index (χ0v) is 14.1. The molecule has 0 radical (unpaired) electrons. The third-order valence-electron chi connectivity index (χ3n) is 4.03. The molecule has 0 unspecified atom stereocenters. The van der Waals surface area contributed by atoms with Crippen LogP contribution in [0.1, 0.15) is 32.3 Å². The van der Waals surface area contributed by atoms with Gasteiger partial charge < -0.3 is 10.2 Å². The lowest BCUT2D eigenvalue weighted by Gasteiger charge is -2.19. The van der Waals surface area contributed by atoms with Gasteiger partial charge >= 0.3 is 0 Å². The Hall–Kier alpha value is -2.36. The maximum atomic E-state index is 12.1. The van der Waals surface area contributed by atoms with Gasteiger partial charge in [-0.15, -0.1) is 0 Å². The molecule has 122 valence electrons. The summed E-state index contributed by atoms with van der Waals surface area (Å²) in [6, 6.07) is 14.1. The maximum absolute atomic E-state index is 12.1. The first-order valence-electron chi connectivity index (χ1n) is 8.16. The van der Waals surface area contributed by atoms with E-state index < -0.39 is 0 Å². The van der Waals surface area contributed by atoms with Crippen molar-refractivity contribution in [3.05, 3.63) is 54.2 Å². The largest absolute Gasteiger partial charge is 0.355 e. The van der Waals surface area contributed by atoms with Gasteiger partial charge in [-0.25, -0.2) is 4.98 Å². The first kappa shape index (κ1) is 17.0. The number of pyridine rings is 1. The Bertz CT molecular complexity index is 606. The molecule has 0 aliphatic rings. The highest BCUT2D eigenvalue weighted by atomic mass is 16.1. The third kappa shape index (κ3) is 4.81. The molecule has 1 aromatic heterocycles. The maximum Gasteiger partial charge on any atom is 0.227 e. The van der Waals surface area contributed by atoms with Gasteiger partial charge in [0.05, 0.1) is 11.9 Å². The van der Waals surface area contributed by atoms with Crippen LogP contribution >= 0.6 is 0 Å². The Morgan fingerprint density at radius 3 is 2.39 bits per heavy atom. The average Bonchev–Trinajstić information content (AvgIpc) is 2.57. The lowest BCUT2D eigenvalue weighted by Crippen LogP contribution is -2.22. The molecule has 2 rings (SSSR count). The van der Waals surface area contributed by atoms with Crippen molar-refractivity contribution in [3.63, 3.8) is 0 Å². The van der Waals surface area contributed by atoms with Crippen LogP contribution in [-0.2, 0) is 11.3 Å². The van der Waals surface area contributed by atoms with Crippen molar-refractivity contribution < 1.29 is 4.79 Å². The van der Waals surface area contributed by atoms with Crippen molar-refractivity contribution in [1.82, 2.24) is 4.98 Å². The van der Waals surface area contributed by atoms with E-state index in [2.05, 4.69) is 27.3 Å². The number of nitrogens with zero attached hydrogens (tertiary/aromatic N) is 2.